The third kappa shape index (κ3) is 3.67. The number of nitrogens with zero attached hydrogens (tertiary/aromatic N) is 2. The average molecular weight is 272 g/mol. The molecule has 2 aromatic rings. The second kappa shape index (κ2) is 5.25. The fourth-order valence-electron chi connectivity index (χ4n) is 1.62. The Morgan fingerprint density at radius 2 is 2.16 bits per heavy atom. The quantitative estimate of drug-likeness (QED) is 0.836. The molecule has 0 atom stereocenters. The van der Waals surface area contributed by atoms with Gasteiger partial charge < -0.3 is 5.32 Å². The van der Waals surface area contributed by atoms with E-state index >= 15 is 0 Å². The fraction of sp³-hybridized carbons (Fsp3) is 0.364. The Bertz CT molecular complexity index is 623. The summed E-state index contributed by atoms with van der Waals surface area (Å²) in [5.74, 6) is 0.244. The van der Waals surface area contributed by atoms with Crippen molar-refractivity contribution in [1.29, 1.82) is 0 Å². The summed E-state index contributed by atoms with van der Waals surface area (Å²) < 4.78 is 36.0. The van der Waals surface area contributed by atoms with Crippen LogP contribution in [0.15, 0.2) is 23.1 Å². The molecule has 0 saturated carbocycles. The Kier molecular flexibility index (Phi) is 3.68. The summed E-state index contributed by atoms with van der Waals surface area (Å²) in [5, 5.41) is 3.29. The second-order valence-electron chi connectivity index (χ2n) is 3.94. The molecule has 0 aromatic carbocycles. The molecule has 0 aliphatic heterocycles. The number of nitrogens with one attached hydrogen (secondary N) is 2. The van der Waals surface area contributed by atoms with E-state index in [1.807, 2.05) is 0 Å². The van der Waals surface area contributed by atoms with Gasteiger partial charge in [0.25, 0.3) is 0 Å². The number of aromatic amines is 1. The van der Waals surface area contributed by atoms with Crippen molar-refractivity contribution in [2.45, 2.75) is 19.0 Å². The lowest BCUT2D eigenvalue weighted by Gasteiger charge is -2.09. The van der Waals surface area contributed by atoms with Crippen LogP contribution in [0.2, 0.25) is 0 Å². The highest BCUT2D eigenvalue weighted by atomic mass is 19.4. The molecule has 0 bridgehead atoms. The number of aromatic nitrogens is 3. The number of pyridine rings is 1. The molecule has 0 amide bonds. The number of fused-ring (bicyclic) bond motifs is 1. The number of H-pyrrole nitrogens is 1. The number of alkyl halides is 3. The summed E-state index contributed by atoms with van der Waals surface area (Å²) in [4.78, 5) is 21.4. The number of hydrogen-bond donors (Lipinski definition) is 2. The van der Waals surface area contributed by atoms with E-state index in [1.165, 1.54) is 6.20 Å². The van der Waals surface area contributed by atoms with Gasteiger partial charge in [-0.2, -0.15) is 18.2 Å². The molecule has 2 N–H and O–H groups in total. The van der Waals surface area contributed by atoms with Gasteiger partial charge in [0.05, 0.1) is 5.39 Å². The van der Waals surface area contributed by atoms with Gasteiger partial charge in [0.15, 0.2) is 0 Å². The highest BCUT2D eigenvalue weighted by Crippen LogP contribution is 2.21. The SMILES string of the molecule is O=c1nc(NCCCC(F)(F)F)c2cccnc2[nH]1. The third-order valence-electron chi connectivity index (χ3n) is 2.43. The van der Waals surface area contributed by atoms with E-state index in [4.69, 9.17) is 0 Å². The smallest absolute Gasteiger partial charge is 0.369 e. The number of anilines is 1. The van der Waals surface area contributed by atoms with Crippen LogP contribution in [0.1, 0.15) is 12.8 Å². The lowest BCUT2D eigenvalue weighted by Crippen LogP contribution is -2.16. The molecule has 0 unspecified atom stereocenters. The Balaban J connectivity index is 2.10. The molecule has 8 heteroatoms. The van der Waals surface area contributed by atoms with Crippen molar-refractivity contribution in [3.8, 4) is 0 Å². The predicted octanol–water partition coefficient (Wildman–Crippen LogP) is 2.07. The molecule has 0 fully saturated rings. The van der Waals surface area contributed by atoms with Gasteiger partial charge in [-0.05, 0) is 18.6 Å². The van der Waals surface area contributed by atoms with E-state index < -0.39 is 18.3 Å². The molecule has 0 radical (unpaired) electrons. The van der Waals surface area contributed by atoms with Gasteiger partial charge in [-0.15, -0.1) is 0 Å². The van der Waals surface area contributed by atoms with Crippen molar-refractivity contribution < 1.29 is 13.2 Å². The summed E-state index contributed by atoms with van der Waals surface area (Å²) in [6.45, 7) is 0.0833. The van der Waals surface area contributed by atoms with Gasteiger partial charge in [-0.1, -0.05) is 0 Å². The molecule has 19 heavy (non-hydrogen) atoms. The van der Waals surface area contributed by atoms with E-state index in [1.54, 1.807) is 12.1 Å². The normalized spacial score (nSPS) is 11.7. The van der Waals surface area contributed by atoms with Crippen LogP contribution in [0, 0.1) is 0 Å². The maximum absolute atomic E-state index is 12.0. The average Bonchev–Trinajstić information content (AvgIpc) is 2.33. The largest absolute Gasteiger partial charge is 0.389 e. The lowest BCUT2D eigenvalue weighted by atomic mass is 10.3. The summed E-state index contributed by atoms with van der Waals surface area (Å²) >= 11 is 0. The summed E-state index contributed by atoms with van der Waals surface area (Å²) in [7, 11) is 0. The van der Waals surface area contributed by atoms with Crippen molar-refractivity contribution in [3.05, 3.63) is 28.8 Å². The Morgan fingerprint density at radius 3 is 2.89 bits per heavy atom. The lowest BCUT2D eigenvalue weighted by molar-refractivity contribution is -0.134. The van der Waals surface area contributed by atoms with Crippen LogP contribution in [0.3, 0.4) is 0 Å². The third-order valence-corrected chi connectivity index (χ3v) is 2.43. The highest BCUT2D eigenvalue weighted by Gasteiger charge is 2.25. The highest BCUT2D eigenvalue weighted by molar-refractivity contribution is 5.85. The van der Waals surface area contributed by atoms with E-state index in [-0.39, 0.29) is 18.8 Å². The molecule has 2 aromatic heterocycles. The Hall–Kier alpha value is -2.12. The van der Waals surface area contributed by atoms with Crippen molar-refractivity contribution >= 4 is 16.9 Å². The number of hydrogen-bond acceptors (Lipinski definition) is 4. The zero-order chi connectivity index (χ0) is 13.9. The Morgan fingerprint density at radius 1 is 1.37 bits per heavy atom. The molecule has 0 aliphatic carbocycles. The predicted molar refractivity (Wildman–Crippen MR) is 63.9 cm³/mol. The molecule has 0 aliphatic rings. The standard InChI is InChI=1S/C11H11F3N4O/c12-11(13,14)4-2-6-16-9-7-3-1-5-15-8(7)17-10(19)18-9/h1,3,5H,2,4,6H2,(H2,15,16,17,18,19). The van der Waals surface area contributed by atoms with E-state index in [0.717, 1.165) is 0 Å². The molecule has 0 spiro atoms. The first-order valence-corrected chi connectivity index (χ1v) is 5.61. The van der Waals surface area contributed by atoms with Crippen molar-refractivity contribution in [2.75, 3.05) is 11.9 Å². The molecule has 0 saturated heterocycles. The Labute approximate surface area is 105 Å². The van der Waals surface area contributed by atoms with Crippen LogP contribution in [0.4, 0.5) is 19.0 Å². The first-order chi connectivity index (χ1) is 8.96. The van der Waals surface area contributed by atoms with Crippen LogP contribution in [0.25, 0.3) is 11.0 Å². The monoisotopic (exact) mass is 272 g/mol. The van der Waals surface area contributed by atoms with Gasteiger partial charge >= 0.3 is 11.9 Å². The maximum Gasteiger partial charge on any atom is 0.389 e. The van der Waals surface area contributed by atoms with E-state index in [0.29, 0.717) is 11.0 Å². The van der Waals surface area contributed by atoms with Crippen molar-refractivity contribution in [3.63, 3.8) is 0 Å². The first kappa shape index (κ1) is 13.3. The molecule has 102 valence electrons. The minimum atomic E-state index is -4.17. The van der Waals surface area contributed by atoms with Gasteiger partial charge in [0.1, 0.15) is 11.5 Å². The van der Waals surface area contributed by atoms with Gasteiger partial charge in [0.2, 0.25) is 0 Å². The van der Waals surface area contributed by atoms with Gasteiger partial charge in [-0.25, -0.2) is 9.78 Å². The summed E-state index contributed by atoms with van der Waals surface area (Å²) in [6, 6.07) is 3.33. The van der Waals surface area contributed by atoms with Crippen molar-refractivity contribution in [1.82, 2.24) is 15.0 Å². The van der Waals surface area contributed by atoms with E-state index in [9.17, 15) is 18.0 Å². The molecule has 2 rings (SSSR count). The van der Waals surface area contributed by atoms with Crippen LogP contribution < -0.4 is 11.0 Å². The zero-order valence-corrected chi connectivity index (χ0v) is 9.79. The van der Waals surface area contributed by atoms with Gasteiger partial charge in [0, 0.05) is 19.2 Å². The van der Waals surface area contributed by atoms with Gasteiger partial charge in [-0.3, -0.25) is 4.98 Å². The number of rotatable bonds is 4. The minimum Gasteiger partial charge on any atom is -0.369 e. The topological polar surface area (TPSA) is 70.7 Å². The van der Waals surface area contributed by atoms with Crippen molar-refractivity contribution in [2.24, 2.45) is 0 Å². The second-order valence-corrected chi connectivity index (χ2v) is 3.94. The molecule has 2 heterocycles. The summed E-state index contributed by atoms with van der Waals surface area (Å²) in [5.41, 5.74) is -0.245. The molecular formula is C11H11F3N4O. The maximum atomic E-state index is 12.0. The zero-order valence-electron chi connectivity index (χ0n) is 9.79. The molecule has 5 nitrogen and oxygen atoms in total. The van der Waals surface area contributed by atoms with Crippen LogP contribution in [-0.2, 0) is 0 Å². The number of halogens is 3. The molecular weight excluding hydrogens is 261 g/mol. The van der Waals surface area contributed by atoms with Crippen LogP contribution >= 0.6 is 0 Å². The summed E-state index contributed by atoms with van der Waals surface area (Å²) in [6.07, 6.45) is -3.63. The fourth-order valence-corrected chi connectivity index (χ4v) is 1.62. The minimum absolute atomic E-state index is 0.0833. The first-order valence-electron chi connectivity index (χ1n) is 5.61. The van der Waals surface area contributed by atoms with Crippen LogP contribution in [-0.4, -0.2) is 27.7 Å². The van der Waals surface area contributed by atoms with Crippen LogP contribution in [0.5, 0.6) is 0 Å². The van der Waals surface area contributed by atoms with E-state index in [2.05, 4.69) is 20.3 Å².